The molecule has 0 heterocycles. The second kappa shape index (κ2) is 8.91. The third kappa shape index (κ3) is 7.15. The van der Waals surface area contributed by atoms with Gasteiger partial charge < -0.3 is 15.8 Å². The molecular formula is C14H28N2O3. The molecule has 0 aliphatic rings. The van der Waals surface area contributed by atoms with Gasteiger partial charge in [0.1, 0.15) is 6.04 Å². The highest BCUT2D eigenvalue weighted by Gasteiger charge is 2.25. The van der Waals surface area contributed by atoms with E-state index in [9.17, 15) is 9.59 Å². The molecule has 0 aromatic rings. The van der Waals surface area contributed by atoms with Crippen LogP contribution in [0.5, 0.6) is 0 Å². The van der Waals surface area contributed by atoms with Crippen LogP contribution in [-0.4, -0.2) is 31.6 Å². The van der Waals surface area contributed by atoms with Crippen molar-refractivity contribution < 1.29 is 14.3 Å². The van der Waals surface area contributed by atoms with Gasteiger partial charge in [-0.05, 0) is 30.7 Å². The monoisotopic (exact) mass is 272 g/mol. The maximum atomic E-state index is 12.0. The van der Waals surface area contributed by atoms with Gasteiger partial charge in [-0.2, -0.15) is 0 Å². The highest BCUT2D eigenvalue weighted by Crippen LogP contribution is 2.14. The van der Waals surface area contributed by atoms with Crippen molar-refractivity contribution in [1.82, 2.24) is 5.32 Å². The van der Waals surface area contributed by atoms with E-state index in [4.69, 9.17) is 10.5 Å². The highest BCUT2D eigenvalue weighted by molar-refractivity contribution is 5.84. The molecule has 0 saturated heterocycles. The molecule has 5 heteroatoms. The first-order chi connectivity index (χ1) is 8.81. The summed E-state index contributed by atoms with van der Waals surface area (Å²) in [5, 5.41) is 2.74. The van der Waals surface area contributed by atoms with Gasteiger partial charge in [0.25, 0.3) is 0 Å². The van der Waals surface area contributed by atoms with E-state index < -0.39 is 12.0 Å². The van der Waals surface area contributed by atoms with Gasteiger partial charge in [-0.1, -0.05) is 27.7 Å². The first-order valence-corrected chi connectivity index (χ1v) is 6.89. The zero-order valence-corrected chi connectivity index (χ0v) is 12.7. The molecule has 2 atom stereocenters. The van der Waals surface area contributed by atoms with Gasteiger partial charge in [0.2, 0.25) is 5.91 Å². The molecule has 5 nitrogen and oxygen atoms in total. The molecule has 19 heavy (non-hydrogen) atoms. The molecule has 0 aromatic carbocycles. The van der Waals surface area contributed by atoms with E-state index in [0.29, 0.717) is 18.9 Å². The predicted octanol–water partition coefficient (Wildman–Crippen LogP) is 1.31. The van der Waals surface area contributed by atoms with Crippen molar-refractivity contribution in [2.45, 2.75) is 46.6 Å². The normalized spacial score (nSPS) is 14.3. The summed E-state index contributed by atoms with van der Waals surface area (Å²) in [6.45, 7) is 8.43. The van der Waals surface area contributed by atoms with E-state index in [1.165, 1.54) is 7.11 Å². The van der Waals surface area contributed by atoms with Crippen LogP contribution in [0.15, 0.2) is 0 Å². The van der Waals surface area contributed by atoms with Gasteiger partial charge in [-0.3, -0.25) is 4.79 Å². The average Bonchev–Trinajstić information content (AvgIpc) is 2.33. The average molecular weight is 272 g/mol. The minimum absolute atomic E-state index is 0.00201. The largest absolute Gasteiger partial charge is 0.467 e. The molecule has 3 N–H and O–H groups in total. The molecule has 112 valence electrons. The Morgan fingerprint density at radius 1 is 1.21 bits per heavy atom. The third-order valence-corrected chi connectivity index (χ3v) is 3.05. The summed E-state index contributed by atoms with van der Waals surface area (Å²) < 4.78 is 4.69. The summed E-state index contributed by atoms with van der Waals surface area (Å²) >= 11 is 0. The Labute approximate surface area is 116 Å². The molecule has 0 aliphatic carbocycles. The zero-order valence-electron chi connectivity index (χ0n) is 12.7. The highest BCUT2D eigenvalue weighted by atomic mass is 16.5. The maximum Gasteiger partial charge on any atom is 0.328 e. The van der Waals surface area contributed by atoms with E-state index in [1.807, 2.05) is 13.8 Å². The Bertz CT molecular complexity index is 290. The fraction of sp³-hybridized carbons (Fsp3) is 0.857. The van der Waals surface area contributed by atoms with E-state index in [0.717, 1.165) is 6.42 Å². The topological polar surface area (TPSA) is 81.4 Å². The van der Waals surface area contributed by atoms with Crippen LogP contribution in [0.25, 0.3) is 0 Å². The number of methoxy groups -OCH3 is 1. The summed E-state index contributed by atoms with van der Waals surface area (Å²) in [6, 6.07) is -0.588. The van der Waals surface area contributed by atoms with Gasteiger partial charge >= 0.3 is 5.97 Å². The Morgan fingerprint density at radius 2 is 1.79 bits per heavy atom. The summed E-state index contributed by atoms with van der Waals surface area (Å²) in [5.74, 6) is 0.114. The molecular weight excluding hydrogens is 244 g/mol. The lowest BCUT2D eigenvalue weighted by Gasteiger charge is -2.22. The van der Waals surface area contributed by atoms with Crippen molar-refractivity contribution in [2.24, 2.45) is 23.5 Å². The Morgan fingerprint density at radius 3 is 2.16 bits per heavy atom. The number of amides is 1. The lowest BCUT2D eigenvalue weighted by Crippen LogP contribution is -2.45. The fourth-order valence-corrected chi connectivity index (χ4v) is 2.05. The van der Waals surface area contributed by atoms with Crippen LogP contribution in [-0.2, 0) is 14.3 Å². The molecule has 0 bridgehead atoms. The molecule has 0 radical (unpaired) electrons. The van der Waals surface area contributed by atoms with Gasteiger partial charge in [0.15, 0.2) is 0 Å². The summed E-state index contributed by atoms with van der Waals surface area (Å²) in [6.07, 6.45) is 1.27. The lowest BCUT2D eigenvalue weighted by molar-refractivity contribution is -0.146. The Kier molecular flexibility index (Phi) is 8.39. The summed E-state index contributed by atoms with van der Waals surface area (Å²) in [7, 11) is 1.32. The number of esters is 1. The summed E-state index contributed by atoms with van der Waals surface area (Å²) in [4.78, 5) is 23.5. The minimum atomic E-state index is -0.588. The lowest BCUT2D eigenvalue weighted by atomic mass is 9.93. The van der Waals surface area contributed by atoms with Crippen molar-refractivity contribution in [1.29, 1.82) is 0 Å². The van der Waals surface area contributed by atoms with Crippen LogP contribution in [0.4, 0.5) is 0 Å². The zero-order chi connectivity index (χ0) is 15.0. The number of nitrogens with two attached hydrogens (primary N) is 1. The van der Waals surface area contributed by atoms with E-state index in [2.05, 4.69) is 19.2 Å². The molecule has 0 spiro atoms. The van der Waals surface area contributed by atoms with Gasteiger partial charge in [-0.25, -0.2) is 4.79 Å². The standard InChI is InChI=1S/C14H28N2O3/c1-9(2)6-11(8-15)7-12(17)16-13(10(3)4)14(18)19-5/h9-11,13H,6-8,15H2,1-5H3,(H,16,17). The van der Waals surface area contributed by atoms with Crippen molar-refractivity contribution in [2.75, 3.05) is 13.7 Å². The van der Waals surface area contributed by atoms with Gasteiger partial charge in [0.05, 0.1) is 7.11 Å². The van der Waals surface area contributed by atoms with Crippen molar-refractivity contribution in [3.8, 4) is 0 Å². The predicted molar refractivity (Wildman–Crippen MR) is 75.4 cm³/mol. The quantitative estimate of drug-likeness (QED) is 0.653. The van der Waals surface area contributed by atoms with E-state index in [1.54, 1.807) is 0 Å². The number of nitrogens with one attached hydrogen (secondary N) is 1. The molecule has 0 saturated carbocycles. The maximum absolute atomic E-state index is 12.0. The molecule has 0 aromatic heterocycles. The van der Waals surface area contributed by atoms with Crippen LogP contribution < -0.4 is 11.1 Å². The summed E-state index contributed by atoms with van der Waals surface area (Å²) in [5.41, 5.74) is 5.67. The molecule has 0 rings (SSSR count). The van der Waals surface area contributed by atoms with E-state index in [-0.39, 0.29) is 17.7 Å². The van der Waals surface area contributed by atoms with Gasteiger partial charge in [-0.15, -0.1) is 0 Å². The third-order valence-electron chi connectivity index (χ3n) is 3.05. The van der Waals surface area contributed by atoms with Crippen molar-refractivity contribution in [3.05, 3.63) is 0 Å². The van der Waals surface area contributed by atoms with Crippen LogP contribution in [0, 0.1) is 17.8 Å². The van der Waals surface area contributed by atoms with Gasteiger partial charge in [0, 0.05) is 6.42 Å². The van der Waals surface area contributed by atoms with E-state index >= 15 is 0 Å². The Balaban J connectivity index is 4.44. The fourth-order valence-electron chi connectivity index (χ4n) is 2.05. The SMILES string of the molecule is COC(=O)C(NC(=O)CC(CN)CC(C)C)C(C)C. The number of carbonyl (C=O) groups is 2. The molecule has 0 fully saturated rings. The minimum Gasteiger partial charge on any atom is -0.467 e. The van der Waals surface area contributed by atoms with Crippen LogP contribution in [0.1, 0.15) is 40.5 Å². The number of carbonyl (C=O) groups excluding carboxylic acids is 2. The molecule has 2 unspecified atom stereocenters. The van der Waals surface area contributed by atoms with Crippen LogP contribution in [0.2, 0.25) is 0 Å². The molecule has 0 aliphatic heterocycles. The Hall–Kier alpha value is -1.10. The number of hydrogen-bond donors (Lipinski definition) is 2. The number of hydrogen-bond acceptors (Lipinski definition) is 4. The second-order valence-electron chi connectivity index (χ2n) is 5.75. The second-order valence-corrected chi connectivity index (χ2v) is 5.75. The van der Waals surface area contributed by atoms with Crippen LogP contribution >= 0.6 is 0 Å². The number of ether oxygens (including phenoxy) is 1. The first kappa shape index (κ1) is 17.9. The van der Waals surface area contributed by atoms with Crippen molar-refractivity contribution in [3.63, 3.8) is 0 Å². The smallest absolute Gasteiger partial charge is 0.328 e. The number of rotatable bonds is 8. The first-order valence-electron chi connectivity index (χ1n) is 6.89. The van der Waals surface area contributed by atoms with Crippen molar-refractivity contribution >= 4 is 11.9 Å². The molecule has 1 amide bonds. The van der Waals surface area contributed by atoms with Crippen LogP contribution in [0.3, 0.4) is 0 Å².